The summed E-state index contributed by atoms with van der Waals surface area (Å²) in [6, 6.07) is 13.1. The van der Waals surface area contributed by atoms with Crippen molar-refractivity contribution in [2.75, 3.05) is 20.3 Å². The lowest BCUT2D eigenvalue weighted by Crippen LogP contribution is -2.39. The summed E-state index contributed by atoms with van der Waals surface area (Å²) in [5.74, 6) is 0.937. The summed E-state index contributed by atoms with van der Waals surface area (Å²) in [5, 5.41) is 1.34. The predicted molar refractivity (Wildman–Crippen MR) is 103 cm³/mol. The molecule has 25 heavy (non-hydrogen) atoms. The van der Waals surface area contributed by atoms with Crippen molar-refractivity contribution in [2.45, 2.75) is 24.7 Å². The van der Waals surface area contributed by atoms with Gasteiger partial charge >= 0.3 is 0 Å². The summed E-state index contributed by atoms with van der Waals surface area (Å²) in [5.41, 5.74) is 6.87. The second kappa shape index (κ2) is 5.61. The number of hydrogen-bond donors (Lipinski definition) is 1. The maximum atomic E-state index is 5.72. The average Bonchev–Trinajstić information content (AvgIpc) is 3.01. The third-order valence-corrected chi connectivity index (χ3v) is 6.39. The van der Waals surface area contributed by atoms with Crippen molar-refractivity contribution >= 4 is 26.8 Å². The highest BCUT2D eigenvalue weighted by Gasteiger charge is 2.44. The van der Waals surface area contributed by atoms with Gasteiger partial charge in [0.05, 0.1) is 7.11 Å². The van der Waals surface area contributed by atoms with Crippen LogP contribution in [0.15, 0.2) is 40.9 Å². The highest BCUT2D eigenvalue weighted by molar-refractivity contribution is 9.10. The van der Waals surface area contributed by atoms with Gasteiger partial charge in [0.1, 0.15) is 5.75 Å². The van der Waals surface area contributed by atoms with Gasteiger partial charge in [-0.25, -0.2) is 0 Å². The Morgan fingerprint density at radius 1 is 1.12 bits per heavy atom. The molecule has 1 aromatic heterocycles. The number of H-pyrrole nitrogens is 1. The topological polar surface area (TPSA) is 34.2 Å². The van der Waals surface area contributed by atoms with Crippen molar-refractivity contribution in [1.29, 1.82) is 0 Å². The van der Waals surface area contributed by atoms with Crippen LogP contribution in [0.5, 0.6) is 5.75 Å². The number of benzene rings is 2. The molecule has 0 bridgehead atoms. The van der Waals surface area contributed by atoms with E-state index in [0.717, 1.165) is 42.7 Å². The standard InChI is InChI=1S/C21H20BrNO2/c1-24-15-4-2-13-10-17-16-5-3-14(22)11-19(16)23-20(17)21(18(13)12-15)6-8-25-9-7-21/h2-5,11-12,23H,6-10H2,1H3. The highest BCUT2D eigenvalue weighted by Crippen LogP contribution is 2.50. The van der Waals surface area contributed by atoms with Crippen LogP contribution in [-0.4, -0.2) is 25.3 Å². The monoisotopic (exact) mass is 397 g/mol. The van der Waals surface area contributed by atoms with E-state index in [0.29, 0.717) is 0 Å². The summed E-state index contributed by atoms with van der Waals surface area (Å²) in [4.78, 5) is 3.77. The molecule has 128 valence electrons. The number of nitrogens with one attached hydrogen (secondary N) is 1. The molecule has 4 heteroatoms. The zero-order valence-corrected chi connectivity index (χ0v) is 15.8. The quantitative estimate of drug-likeness (QED) is 0.630. The van der Waals surface area contributed by atoms with Gasteiger partial charge in [-0.2, -0.15) is 0 Å². The molecule has 2 aromatic carbocycles. The zero-order chi connectivity index (χ0) is 17.0. The fourth-order valence-electron chi connectivity index (χ4n) is 4.67. The molecule has 1 saturated heterocycles. The Labute approximate surface area is 155 Å². The molecule has 3 nitrogen and oxygen atoms in total. The number of fused-ring (bicyclic) bond motifs is 6. The van der Waals surface area contributed by atoms with E-state index in [1.54, 1.807) is 7.11 Å². The molecule has 0 unspecified atom stereocenters. The van der Waals surface area contributed by atoms with E-state index >= 15 is 0 Å². The van der Waals surface area contributed by atoms with Crippen LogP contribution in [0.3, 0.4) is 0 Å². The number of halogens is 1. The number of aromatic nitrogens is 1. The van der Waals surface area contributed by atoms with Gasteiger partial charge in [0.15, 0.2) is 0 Å². The predicted octanol–water partition coefficient (Wildman–Crippen LogP) is 4.94. The largest absolute Gasteiger partial charge is 0.497 e. The number of aromatic amines is 1. The molecule has 1 aliphatic carbocycles. The van der Waals surface area contributed by atoms with Crippen molar-refractivity contribution < 1.29 is 9.47 Å². The second-order valence-electron chi connectivity index (χ2n) is 7.06. The van der Waals surface area contributed by atoms with Crippen LogP contribution < -0.4 is 4.74 Å². The molecule has 1 N–H and O–H groups in total. The molecule has 0 radical (unpaired) electrons. The van der Waals surface area contributed by atoms with Crippen molar-refractivity contribution in [1.82, 2.24) is 4.98 Å². The summed E-state index contributed by atoms with van der Waals surface area (Å²) < 4.78 is 12.4. The molecule has 0 saturated carbocycles. The maximum Gasteiger partial charge on any atom is 0.119 e. The fraction of sp³-hybridized carbons (Fsp3) is 0.333. The van der Waals surface area contributed by atoms with Crippen molar-refractivity contribution in [3.05, 3.63) is 63.3 Å². The third-order valence-electron chi connectivity index (χ3n) is 5.89. The van der Waals surface area contributed by atoms with Crippen LogP contribution in [0, 0.1) is 0 Å². The molecule has 0 amide bonds. The van der Waals surface area contributed by atoms with Gasteiger partial charge in [-0.1, -0.05) is 28.1 Å². The Bertz CT molecular complexity index is 969. The molecular formula is C21H20BrNO2. The van der Waals surface area contributed by atoms with Gasteiger partial charge in [-0.05, 0) is 53.8 Å². The highest BCUT2D eigenvalue weighted by atomic mass is 79.9. The molecule has 3 aromatic rings. The van der Waals surface area contributed by atoms with Crippen LogP contribution in [0.1, 0.15) is 35.2 Å². The van der Waals surface area contributed by atoms with Gasteiger partial charge in [-0.15, -0.1) is 0 Å². The maximum absolute atomic E-state index is 5.72. The van der Waals surface area contributed by atoms with Gasteiger partial charge < -0.3 is 14.5 Å². The van der Waals surface area contributed by atoms with Crippen LogP contribution in [0.4, 0.5) is 0 Å². The molecule has 1 fully saturated rings. The van der Waals surface area contributed by atoms with Gasteiger partial charge in [0.2, 0.25) is 0 Å². The molecule has 0 atom stereocenters. The average molecular weight is 398 g/mol. The summed E-state index contributed by atoms with van der Waals surface area (Å²) in [6.45, 7) is 1.60. The second-order valence-corrected chi connectivity index (χ2v) is 7.98. The van der Waals surface area contributed by atoms with Gasteiger partial charge in [0, 0.05) is 46.1 Å². The molecule has 1 spiro atoms. The minimum atomic E-state index is 0.00119. The fourth-order valence-corrected chi connectivity index (χ4v) is 5.03. The Morgan fingerprint density at radius 3 is 2.76 bits per heavy atom. The van der Waals surface area contributed by atoms with Gasteiger partial charge in [-0.3, -0.25) is 0 Å². The minimum Gasteiger partial charge on any atom is -0.497 e. The smallest absolute Gasteiger partial charge is 0.119 e. The minimum absolute atomic E-state index is 0.00119. The molecule has 1 aliphatic heterocycles. The first-order valence-electron chi connectivity index (χ1n) is 8.77. The molecule has 2 aliphatic rings. The molecule has 2 heterocycles. The summed E-state index contributed by atoms with van der Waals surface area (Å²) in [7, 11) is 1.74. The Hall–Kier alpha value is -1.78. The normalized spacial score (nSPS) is 18.2. The van der Waals surface area contributed by atoms with Crippen molar-refractivity contribution in [3.8, 4) is 5.75 Å². The first-order chi connectivity index (χ1) is 12.2. The van der Waals surface area contributed by atoms with E-state index < -0.39 is 0 Å². The summed E-state index contributed by atoms with van der Waals surface area (Å²) in [6.07, 6.45) is 2.99. The van der Waals surface area contributed by atoms with Crippen molar-refractivity contribution in [2.24, 2.45) is 0 Å². The van der Waals surface area contributed by atoms with Crippen LogP contribution >= 0.6 is 15.9 Å². The van der Waals surface area contributed by atoms with Gasteiger partial charge in [0.25, 0.3) is 0 Å². The lowest BCUT2D eigenvalue weighted by molar-refractivity contribution is 0.0609. The SMILES string of the molecule is COc1ccc2c(c1)C1(CCOCC1)c1[nH]c3cc(Br)ccc3c1C2. The number of hydrogen-bond acceptors (Lipinski definition) is 2. The number of ether oxygens (including phenoxy) is 2. The summed E-state index contributed by atoms with van der Waals surface area (Å²) >= 11 is 3.60. The van der Waals surface area contributed by atoms with E-state index in [-0.39, 0.29) is 5.41 Å². The van der Waals surface area contributed by atoms with Crippen LogP contribution in [0.25, 0.3) is 10.9 Å². The van der Waals surface area contributed by atoms with Crippen LogP contribution in [0.2, 0.25) is 0 Å². The lowest BCUT2D eigenvalue weighted by atomic mass is 9.65. The van der Waals surface area contributed by atoms with E-state index in [4.69, 9.17) is 9.47 Å². The third kappa shape index (κ3) is 2.20. The lowest BCUT2D eigenvalue weighted by Gasteiger charge is -2.42. The Morgan fingerprint density at radius 2 is 1.96 bits per heavy atom. The van der Waals surface area contributed by atoms with E-state index in [9.17, 15) is 0 Å². The van der Waals surface area contributed by atoms with Crippen LogP contribution in [-0.2, 0) is 16.6 Å². The molecule has 5 rings (SSSR count). The number of methoxy groups -OCH3 is 1. The first-order valence-corrected chi connectivity index (χ1v) is 9.56. The molecular weight excluding hydrogens is 378 g/mol. The van der Waals surface area contributed by atoms with E-state index in [1.165, 1.54) is 33.3 Å². The number of rotatable bonds is 1. The Balaban J connectivity index is 1.80. The first kappa shape index (κ1) is 15.5. The van der Waals surface area contributed by atoms with E-state index in [2.05, 4.69) is 57.3 Å². The zero-order valence-electron chi connectivity index (χ0n) is 14.2. The van der Waals surface area contributed by atoms with Crippen molar-refractivity contribution in [3.63, 3.8) is 0 Å². The Kier molecular flexibility index (Phi) is 3.47. The van der Waals surface area contributed by atoms with E-state index in [1.807, 2.05) is 0 Å².